The highest BCUT2D eigenvalue weighted by atomic mass is 16.5. The predicted molar refractivity (Wildman–Crippen MR) is 88.0 cm³/mol. The fourth-order valence-electron chi connectivity index (χ4n) is 2.44. The zero-order chi connectivity index (χ0) is 16.5. The number of ether oxygens (including phenoxy) is 3. The minimum absolute atomic E-state index is 0.113. The van der Waals surface area contributed by atoms with E-state index in [1.54, 1.807) is 20.1 Å². The molecule has 1 aromatic rings. The summed E-state index contributed by atoms with van der Waals surface area (Å²) in [6.45, 7) is 6.92. The second-order valence-electron chi connectivity index (χ2n) is 5.51. The Morgan fingerprint density at radius 3 is 2.70 bits per heavy atom. The lowest BCUT2D eigenvalue weighted by Gasteiger charge is -2.26. The number of hydrogen-bond acceptors (Lipinski definition) is 5. The van der Waals surface area contributed by atoms with Crippen LogP contribution in [0.25, 0.3) is 0 Å². The van der Waals surface area contributed by atoms with Crippen molar-refractivity contribution in [1.82, 2.24) is 10.2 Å². The topological polar surface area (TPSA) is 60.0 Å². The van der Waals surface area contributed by atoms with Gasteiger partial charge in [0, 0.05) is 19.6 Å². The number of para-hydroxylation sites is 2. The summed E-state index contributed by atoms with van der Waals surface area (Å²) in [5, 5.41) is 2.92. The number of carbonyl (C=O) groups is 1. The largest absolute Gasteiger partial charge is 0.493 e. The molecule has 23 heavy (non-hydrogen) atoms. The van der Waals surface area contributed by atoms with E-state index in [0.29, 0.717) is 18.0 Å². The number of nitrogens with one attached hydrogen (secondary N) is 1. The highest BCUT2D eigenvalue weighted by Crippen LogP contribution is 2.26. The first-order valence-corrected chi connectivity index (χ1v) is 8.08. The molecule has 1 amide bonds. The summed E-state index contributed by atoms with van der Waals surface area (Å²) in [6.07, 6.45) is 0.363. The molecule has 6 nitrogen and oxygen atoms in total. The van der Waals surface area contributed by atoms with Gasteiger partial charge in [0.15, 0.2) is 17.6 Å². The van der Waals surface area contributed by atoms with Crippen molar-refractivity contribution in [1.29, 1.82) is 0 Å². The van der Waals surface area contributed by atoms with Crippen molar-refractivity contribution in [3.63, 3.8) is 0 Å². The van der Waals surface area contributed by atoms with Crippen LogP contribution >= 0.6 is 0 Å². The van der Waals surface area contributed by atoms with Crippen LogP contribution in [0.4, 0.5) is 0 Å². The number of amides is 1. The molecule has 6 heteroatoms. The maximum atomic E-state index is 12.1. The van der Waals surface area contributed by atoms with Gasteiger partial charge in [-0.05, 0) is 32.0 Å². The monoisotopic (exact) mass is 322 g/mol. The van der Waals surface area contributed by atoms with E-state index in [1.807, 2.05) is 18.2 Å². The van der Waals surface area contributed by atoms with Crippen molar-refractivity contribution >= 4 is 5.91 Å². The molecular formula is C17H26N2O4. The summed E-state index contributed by atoms with van der Waals surface area (Å²) in [6, 6.07) is 7.32. The maximum absolute atomic E-state index is 12.1. The molecule has 1 fully saturated rings. The Balaban J connectivity index is 1.68. The van der Waals surface area contributed by atoms with Crippen molar-refractivity contribution < 1.29 is 19.0 Å². The third kappa shape index (κ3) is 5.73. The van der Waals surface area contributed by atoms with E-state index in [1.165, 1.54) is 0 Å². The van der Waals surface area contributed by atoms with Gasteiger partial charge in [-0.3, -0.25) is 9.69 Å². The molecule has 1 heterocycles. The van der Waals surface area contributed by atoms with Crippen LogP contribution in [-0.4, -0.2) is 63.4 Å². The minimum atomic E-state index is -0.560. The highest BCUT2D eigenvalue weighted by Gasteiger charge is 2.16. The van der Waals surface area contributed by atoms with Gasteiger partial charge in [-0.25, -0.2) is 0 Å². The first-order chi connectivity index (χ1) is 11.2. The molecule has 1 N–H and O–H groups in total. The molecule has 0 aromatic heterocycles. The number of morpholine rings is 1. The van der Waals surface area contributed by atoms with Crippen molar-refractivity contribution in [2.45, 2.75) is 19.4 Å². The van der Waals surface area contributed by atoms with Crippen molar-refractivity contribution in [3.8, 4) is 11.5 Å². The Labute approximate surface area is 137 Å². The van der Waals surface area contributed by atoms with Gasteiger partial charge in [0.05, 0.1) is 20.3 Å². The molecule has 1 saturated heterocycles. The van der Waals surface area contributed by atoms with Gasteiger partial charge < -0.3 is 19.5 Å². The van der Waals surface area contributed by atoms with Crippen LogP contribution in [0.15, 0.2) is 24.3 Å². The standard InChI is InChI=1S/C17H26N2O4/c1-14(23-16-7-4-3-6-15(16)21-2)17(20)18-8-5-9-19-10-12-22-13-11-19/h3-4,6-7,14H,5,8-13H2,1-2H3,(H,18,20)/t14-/m1/s1. The van der Waals surface area contributed by atoms with E-state index in [0.717, 1.165) is 39.3 Å². The Morgan fingerprint density at radius 2 is 2.00 bits per heavy atom. The van der Waals surface area contributed by atoms with Crippen LogP contribution in [0.2, 0.25) is 0 Å². The van der Waals surface area contributed by atoms with E-state index in [2.05, 4.69) is 10.2 Å². The summed E-state index contributed by atoms with van der Waals surface area (Å²) in [4.78, 5) is 14.4. The number of hydrogen-bond donors (Lipinski definition) is 1. The third-order valence-corrected chi connectivity index (χ3v) is 3.80. The fraction of sp³-hybridized carbons (Fsp3) is 0.588. The highest BCUT2D eigenvalue weighted by molar-refractivity contribution is 5.80. The first kappa shape index (κ1) is 17.6. The smallest absolute Gasteiger partial charge is 0.260 e. The molecule has 0 aliphatic carbocycles. The molecule has 1 aromatic carbocycles. The third-order valence-electron chi connectivity index (χ3n) is 3.80. The second kappa shape index (κ2) is 9.37. The molecule has 0 radical (unpaired) electrons. The molecule has 2 rings (SSSR count). The van der Waals surface area contributed by atoms with Gasteiger partial charge in [-0.1, -0.05) is 12.1 Å². The van der Waals surface area contributed by atoms with Crippen LogP contribution in [0, 0.1) is 0 Å². The van der Waals surface area contributed by atoms with Gasteiger partial charge in [0.2, 0.25) is 0 Å². The number of benzene rings is 1. The Hall–Kier alpha value is -1.79. The Bertz CT molecular complexity index is 489. The summed E-state index contributed by atoms with van der Waals surface area (Å²) in [5.41, 5.74) is 0. The lowest BCUT2D eigenvalue weighted by Crippen LogP contribution is -2.40. The lowest BCUT2D eigenvalue weighted by atomic mass is 10.3. The van der Waals surface area contributed by atoms with Gasteiger partial charge in [-0.2, -0.15) is 0 Å². The quantitative estimate of drug-likeness (QED) is 0.731. The number of carbonyl (C=O) groups excluding carboxylic acids is 1. The molecule has 1 aliphatic heterocycles. The van der Waals surface area contributed by atoms with Crippen LogP contribution in [0.1, 0.15) is 13.3 Å². The average Bonchev–Trinajstić information content (AvgIpc) is 2.60. The number of rotatable bonds is 8. The average molecular weight is 322 g/mol. The molecule has 0 saturated carbocycles. The van der Waals surface area contributed by atoms with Gasteiger partial charge in [0.25, 0.3) is 5.91 Å². The lowest BCUT2D eigenvalue weighted by molar-refractivity contribution is -0.127. The maximum Gasteiger partial charge on any atom is 0.260 e. The molecule has 1 atom stereocenters. The van der Waals surface area contributed by atoms with E-state index < -0.39 is 6.10 Å². The van der Waals surface area contributed by atoms with Crippen molar-refractivity contribution in [2.24, 2.45) is 0 Å². The van der Waals surface area contributed by atoms with E-state index in [-0.39, 0.29) is 5.91 Å². The Morgan fingerprint density at radius 1 is 1.30 bits per heavy atom. The number of nitrogens with zero attached hydrogens (tertiary/aromatic N) is 1. The number of methoxy groups -OCH3 is 1. The second-order valence-corrected chi connectivity index (χ2v) is 5.51. The predicted octanol–water partition coefficient (Wildman–Crippen LogP) is 1.30. The molecule has 128 valence electrons. The van der Waals surface area contributed by atoms with Crippen molar-refractivity contribution in [2.75, 3.05) is 46.5 Å². The van der Waals surface area contributed by atoms with E-state index in [4.69, 9.17) is 14.2 Å². The van der Waals surface area contributed by atoms with Gasteiger partial charge in [-0.15, -0.1) is 0 Å². The summed E-state index contributed by atoms with van der Waals surface area (Å²) >= 11 is 0. The summed E-state index contributed by atoms with van der Waals surface area (Å²) in [7, 11) is 1.58. The molecular weight excluding hydrogens is 296 g/mol. The fourth-order valence-corrected chi connectivity index (χ4v) is 2.44. The minimum Gasteiger partial charge on any atom is -0.493 e. The first-order valence-electron chi connectivity index (χ1n) is 8.08. The normalized spacial score (nSPS) is 16.6. The molecule has 0 unspecified atom stereocenters. The van der Waals surface area contributed by atoms with Crippen LogP contribution in [-0.2, 0) is 9.53 Å². The molecule has 0 bridgehead atoms. The zero-order valence-corrected chi connectivity index (χ0v) is 13.9. The zero-order valence-electron chi connectivity index (χ0n) is 13.9. The SMILES string of the molecule is COc1ccccc1O[C@H](C)C(=O)NCCCN1CCOCC1. The van der Waals surface area contributed by atoms with Crippen LogP contribution in [0.5, 0.6) is 11.5 Å². The summed E-state index contributed by atoms with van der Waals surface area (Å²) in [5.74, 6) is 1.09. The van der Waals surface area contributed by atoms with Gasteiger partial charge >= 0.3 is 0 Å². The van der Waals surface area contributed by atoms with Crippen LogP contribution < -0.4 is 14.8 Å². The molecule has 1 aliphatic rings. The van der Waals surface area contributed by atoms with E-state index >= 15 is 0 Å². The molecule has 0 spiro atoms. The summed E-state index contributed by atoms with van der Waals surface area (Å²) < 4.78 is 16.2. The van der Waals surface area contributed by atoms with Crippen LogP contribution in [0.3, 0.4) is 0 Å². The van der Waals surface area contributed by atoms with Crippen molar-refractivity contribution in [3.05, 3.63) is 24.3 Å². The van der Waals surface area contributed by atoms with E-state index in [9.17, 15) is 4.79 Å². The Kier molecular flexibility index (Phi) is 7.16. The van der Waals surface area contributed by atoms with Gasteiger partial charge in [0.1, 0.15) is 0 Å².